The van der Waals surface area contributed by atoms with Gasteiger partial charge in [-0.15, -0.1) is 6.42 Å². The average Bonchev–Trinajstić information content (AvgIpc) is 1.79. The zero-order valence-electron chi connectivity index (χ0n) is 8.33. The van der Waals surface area contributed by atoms with E-state index in [1.807, 2.05) is 20.8 Å². The molecule has 1 saturated heterocycles. The van der Waals surface area contributed by atoms with Crippen molar-refractivity contribution in [3.8, 4) is 12.3 Å². The third-order valence-electron chi connectivity index (χ3n) is 1.77. The van der Waals surface area contributed by atoms with Crippen molar-refractivity contribution in [1.29, 1.82) is 0 Å². The lowest BCUT2D eigenvalue weighted by atomic mass is 10.0. The van der Waals surface area contributed by atoms with E-state index >= 15 is 0 Å². The van der Waals surface area contributed by atoms with Gasteiger partial charge in [0.25, 0.3) is 0 Å². The lowest BCUT2D eigenvalue weighted by molar-refractivity contribution is 0.00594. The average molecular weight is 181 g/mol. The summed E-state index contributed by atoms with van der Waals surface area (Å²) in [5, 5.41) is 0. The number of hydrogen-bond donors (Lipinski definition) is 0. The molecule has 0 unspecified atom stereocenters. The molecule has 0 aromatic carbocycles. The number of rotatable bonds is 0. The fourth-order valence-corrected chi connectivity index (χ4v) is 1.06. The van der Waals surface area contributed by atoms with Crippen LogP contribution in [0, 0.1) is 18.3 Å². The van der Waals surface area contributed by atoms with E-state index in [9.17, 15) is 4.79 Å². The van der Waals surface area contributed by atoms with E-state index in [0.29, 0.717) is 13.1 Å². The number of likely N-dealkylation sites (tertiary alicyclic amines) is 1. The fraction of sp³-hybridized carbons (Fsp3) is 0.700. The predicted molar refractivity (Wildman–Crippen MR) is 50.1 cm³/mol. The molecular weight excluding hydrogens is 166 g/mol. The maximum atomic E-state index is 11.3. The fourth-order valence-electron chi connectivity index (χ4n) is 1.06. The molecule has 1 heterocycles. The molecule has 0 N–H and O–H groups in total. The second-order valence-corrected chi connectivity index (χ2v) is 4.25. The van der Waals surface area contributed by atoms with Gasteiger partial charge in [-0.2, -0.15) is 0 Å². The molecule has 0 aliphatic carbocycles. The van der Waals surface area contributed by atoms with Crippen molar-refractivity contribution in [1.82, 2.24) is 4.90 Å². The molecular formula is C10H15NO2. The van der Waals surface area contributed by atoms with E-state index in [0.717, 1.165) is 0 Å². The smallest absolute Gasteiger partial charge is 0.410 e. The molecule has 3 nitrogen and oxygen atoms in total. The van der Waals surface area contributed by atoms with E-state index in [1.165, 1.54) is 0 Å². The van der Waals surface area contributed by atoms with Gasteiger partial charge in [-0.25, -0.2) is 4.79 Å². The van der Waals surface area contributed by atoms with Gasteiger partial charge in [0.2, 0.25) is 0 Å². The van der Waals surface area contributed by atoms with Gasteiger partial charge >= 0.3 is 6.09 Å². The SMILES string of the molecule is C#CC1CN(C(=O)OC(C)(C)C)C1. The molecule has 0 aromatic rings. The summed E-state index contributed by atoms with van der Waals surface area (Å²) >= 11 is 0. The minimum Gasteiger partial charge on any atom is -0.444 e. The summed E-state index contributed by atoms with van der Waals surface area (Å²) in [5.41, 5.74) is -0.418. The first-order valence-corrected chi connectivity index (χ1v) is 4.36. The van der Waals surface area contributed by atoms with Crippen molar-refractivity contribution >= 4 is 6.09 Å². The third kappa shape index (κ3) is 2.66. The summed E-state index contributed by atoms with van der Waals surface area (Å²) in [4.78, 5) is 13.0. The number of carbonyl (C=O) groups is 1. The second-order valence-electron chi connectivity index (χ2n) is 4.25. The van der Waals surface area contributed by atoms with Crippen LogP contribution in [0.2, 0.25) is 0 Å². The highest BCUT2D eigenvalue weighted by molar-refractivity contribution is 5.69. The Kier molecular flexibility index (Phi) is 2.51. The minimum atomic E-state index is -0.418. The number of terminal acetylenes is 1. The number of nitrogens with zero attached hydrogens (tertiary/aromatic N) is 1. The van der Waals surface area contributed by atoms with Gasteiger partial charge in [0.1, 0.15) is 5.60 Å². The van der Waals surface area contributed by atoms with Crippen LogP contribution in [0.15, 0.2) is 0 Å². The van der Waals surface area contributed by atoms with Crippen LogP contribution in [0.1, 0.15) is 20.8 Å². The van der Waals surface area contributed by atoms with Gasteiger partial charge in [-0.05, 0) is 20.8 Å². The summed E-state index contributed by atoms with van der Waals surface area (Å²) < 4.78 is 5.15. The molecule has 72 valence electrons. The van der Waals surface area contributed by atoms with Crippen molar-refractivity contribution in [3.05, 3.63) is 0 Å². The van der Waals surface area contributed by atoms with Gasteiger partial charge < -0.3 is 9.64 Å². The highest BCUT2D eigenvalue weighted by atomic mass is 16.6. The van der Waals surface area contributed by atoms with Crippen molar-refractivity contribution in [3.63, 3.8) is 0 Å². The Labute approximate surface area is 79.1 Å². The number of amides is 1. The molecule has 1 amide bonds. The van der Waals surface area contributed by atoms with E-state index in [4.69, 9.17) is 11.2 Å². The van der Waals surface area contributed by atoms with Crippen LogP contribution in [0.5, 0.6) is 0 Å². The molecule has 1 aliphatic rings. The van der Waals surface area contributed by atoms with Crippen molar-refractivity contribution in [2.45, 2.75) is 26.4 Å². The summed E-state index contributed by atoms with van der Waals surface area (Å²) in [7, 11) is 0. The monoisotopic (exact) mass is 181 g/mol. The Morgan fingerprint density at radius 3 is 2.46 bits per heavy atom. The van der Waals surface area contributed by atoms with E-state index in [1.54, 1.807) is 4.90 Å². The maximum Gasteiger partial charge on any atom is 0.410 e. The second kappa shape index (κ2) is 3.29. The molecule has 0 saturated carbocycles. The summed E-state index contributed by atoms with van der Waals surface area (Å²) in [5.74, 6) is 2.81. The third-order valence-corrected chi connectivity index (χ3v) is 1.77. The zero-order chi connectivity index (χ0) is 10.1. The largest absolute Gasteiger partial charge is 0.444 e. The van der Waals surface area contributed by atoms with Crippen molar-refractivity contribution in [2.75, 3.05) is 13.1 Å². The normalized spacial score (nSPS) is 17.5. The van der Waals surface area contributed by atoms with Crippen molar-refractivity contribution < 1.29 is 9.53 Å². The molecule has 1 aliphatic heterocycles. The summed E-state index contributed by atoms with van der Waals surface area (Å²) in [6.45, 7) is 6.81. The Bertz CT molecular complexity index is 241. The van der Waals surface area contributed by atoms with Crippen LogP contribution < -0.4 is 0 Å². The van der Waals surface area contributed by atoms with Crippen molar-refractivity contribution in [2.24, 2.45) is 5.92 Å². The van der Waals surface area contributed by atoms with E-state index < -0.39 is 5.60 Å². The van der Waals surface area contributed by atoms with E-state index in [2.05, 4.69) is 5.92 Å². The Morgan fingerprint density at radius 2 is 2.08 bits per heavy atom. The van der Waals surface area contributed by atoms with Crippen LogP contribution in [-0.2, 0) is 4.74 Å². The topological polar surface area (TPSA) is 29.5 Å². The zero-order valence-corrected chi connectivity index (χ0v) is 8.33. The van der Waals surface area contributed by atoms with Gasteiger partial charge in [-0.3, -0.25) is 0 Å². The molecule has 0 radical (unpaired) electrons. The molecule has 0 bridgehead atoms. The molecule has 0 atom stereocenters. The van der Waals surface area contributed by atoms with Crippen LogP contribution in [0.25, 0.3) is 0 Å². The van der Waals surface area contributed by atoms with E-state index in [-0.39, 0.29) is 12.0 Å². The molecule has 3 heteroatoms. The Hall–Kier alpha value is -1.17. The first-order valence-electron chi connectivity index (χ1n) is 4.36. The standard InChI is InChI=1S/C10H15NO2/c1-5-8-6-11(7-8)9(12)13-10(2,3)4/h1,8H,6-7H2,2-4H3. The molecule has 13 heavy (non-hydrogen) atoms. The number of ether oxygens (including phenoxy) is 1. The molecule has 1 fully saturated rings. The van der Waals surface area contributed by atoms with Gasteiger partial charge in [0.05, 0.1) is 5.92 Å². The molecule has 0 spiro atoms. The Morgan fingerprint density at radius 1 is 1.54 bits per heavy atom. The number of carbonyl (C=O) groups excluding carboxylic acids is 1. The summed E-state index contributed by atoms with van der Waals surface area (Å²) in [6, 6.07) is 0. The highest BCUT2D eigenvalue weighted by Gasteiger charge is 2.32. The van der Waals surface area contributed by atoms with Gasteiger partial charge in [0.15, 0.2) is 0 Å². The van der Waals surface area contributed by atoms with Gasteiger partial charge in [0, 0.05) is 13.1 Å². The Balaban J connectivity index is 2.33. The maximum absolute atomic E-state index is 11.3. The van der Waals surface area contributed by atoms with Crippen LogP contribution in [0.4, 0.5) is 4.79 Å². The highest BCUT2D eigenvalue weighted by Crippen LogP contribution is 2.18. The van der Waals surface area contributed by atoms with Crippen LogP contribution in [0.3, 0.4) is 0 Å². The van der Waals surface area contributed by atoms with Crippen LogP contribution >= 0.6 is 0 Å². The quantitative estimate of drug-likeness (QED) is 0.530. The predicted octanol–water partition coefficient (Wildman–Crippen LogP) is 1.49. The lowest BCUT2D eigenvalue weighted by Crippen LogP contribution is -2.51. The lowest BCUT2D eigenvalue weighted by Gasteiger charge is -2.37. The van der Waals surface area contributed by atoms with Gasteiger partial charge in [-0.1, -0.05) is 5.92 Å². The minimum absolute atomic E-state index is 0.215. The summed E-state index contributed by atoms with van der Waals surface area (Å²) in [6.07, 6.45) is 4.93. The first kappa shape index (κ1) is 9.91. The van der Waals surface area contributed by atoms with Crippen LogP contribution in [-0.4, -0.2) is 29.7 Å². The molecule has 0 aromatic heterocycles. The number of hydrogen-bond acceptors (Lipinski definition) is 2. The molecule has 1 rings (SSSR count). The first-order chi connectivity index (χ1) is 5.92.